The quantitative estimate of drug-likeness (QED) is 0.812. The van der Waals surface area contributed by atoms with Crippen LogP contribution in [0.15, 0.2) is 30.3 Å². The van der Waals surface area contributed by atoms with E-state index in [1.54, 1.807) is 0 Å². The van der Waals surface area contributed by atoms with Gasteiger partial charge in [-0.25, -0.2) is 0 Å². The lowest BCUT2D eigenvalue weighted by atomic mass is 9.88. The summed E-state index contributed by atoms with van der Waals surface area (Å²) in [6.45, 7) is 6.26. The Balaban J connectivity index is 2.05. The predicted molar refractivity (Wildman–Crippen MR) is 79.7 cm³/mol. The van der Waals surface area contributed by atoms with E-state index in [-0.39, 0.29) is 5.41 Å². The van der Waals surface area contributed by atoms with Crippen molar-refractivity contribution in [1.29, 1.82) is 0 Å². The average molecular weight is 256 g/mol. The van der Waals surface area contributed by atoms with Gasteiger partial charge in [-0.1, -0.05) is 42.2 Å². The predicted octanol–water partition coefficient (Wildman–Crippen LogP) is 3.81. The number of rotatable bonds is 4. The van der Waals surface area contributed by atoms with Crippen molar-refractivity contribution < 1.29 is 5.11 Å². The van der Waals surface area contributed by atoms with Gasteiger partial charge in [0.05, 0.1) is 0 Å². The fraction of sp³-hybridized carbons (Fsp3) is 0.556. The SMILES string of the molecule is CC(C)(C)C#C[C@@](O)(CCc1ccccc1)C1CC1. The van der Waals surface area contributed by atoms with E-state index in [0.29, 0.717) is 5.92 Å². The third kappa shape index (κ3) is 4.40. The van der Waals surface area contributed by atoms with Crippen LogP contribution in [0.2, 0.25) is 0 Å². The van der Waals surface area contributed by atoms with E-state index in [9.17, 15) is 5.11 Å². The van der Waals surface area contributed by atoms with Crippen LogP contribution in [0.5, 0.6) is 0 Å². The Kier molecular flexibility index (Phi) is 4.02. The molecule has 1 aliphatic rings. The molecule has 1 aliphatic carbocycles. The van der Waals surface area contributed by atoms with Crippen LogP contribution in [0.3, 0.4) is 0 Å². The lowest BCUT2D eigenvalue weighted by Crippen LogP contribution is -2.30. The second-order valence-electron chi connectivity index (χ2n) is 6.68. The van der Waals surface area contributed by atoms with Crippen molar-refractivity contribution in [3.63, 3.8) is 0 Å². The molecule has 1 nitrogen and oxygen atoms in total. The number of aryl methyl sites for hydroxylation is 1. The van der Waals surface area contributed by atoms with Crippen molar-refractivity contribution >= 4 is 0 Å². The minimum atomic E-state index is -0.789. The first kappa shape index (κ1) is 14.2. The first-order valence-corrected chi connectivity index (χ1v) is 7.20. The highest BCUT2D eigenvalue weighted by Gasteiger charge is 2.42. The van der Waals surface area contributed by atoms with Gasteiger partial charge in [-0.05, 0) is 57.9 Å². The number of hydrogen-bond acceptors (Lipinski definition) is 1. The molecule has 0 unspecified atom stereocenters. The van der Waals surface area contributed by atoms with Crippen molar-refractivity contribution in [2.45, 2.75) is 52.1 Å². The molecule has 0 aromatic heterocycles. The van der Waals surface area contributed by atoms with Crippen LogP contribution in [0.1, 0.15) is 45.6 Å². The van der Waals surface area contributed by atoms with Crippen LogP contribution in [0, 0.1) is 23.2 Å². The van der Waals surface area contributed by atoms with Gasteiger partial charge in [0.25, 0.3) is 0 Å². The van der Waals surface area contributed by atoms with E-state index < -0.39 is 5.60 Å². The van der Waals surface area contributed by atoms with E-state index in [4.69, 9.17) is 0 Å². The van der Waals surface area contributed by atoms with Crippen LogP contribution in [0.25, 0.3) is 0 Å². The Hall–Kier alpha value is -1.26. The molecule has 102 valence electrons. The second-order valence-corrected chi connectivity index (χ2v) is 6.68. The molecule has 1 fully saturated rings. The Morgan fingerprint density at radius 2 is 1.74 bits per heavy atom. The van der Waals surface area contributed by atoms with Crippen molar-refractivity contribution in [3.05, 3.63) is 35.9 Å². The second kappa shape index (κ2) is 5.39. The van der Waals surface area contributed by atoms with Crippen molar-refractivity contribution in [1.82, 2.24) is 0 Å². The van der Waals surface area contributed by atoms with Crippen LogP contribution < -0.4 is 0 Å². The first-order chi connectivity index (χ1) is 8.89. The summed E-state index contributed by atoms with van der Waals surface area (Å²) >= 11 is 0. The summed E-state index contributed by atoms with van der Waals surface area (Å²) < 4.78 is 0. The normalized spacial score (nSPS) is 18.3. The van der Waals surface area contributed by atoms with Crippen molar-refractivity contribution in [2.75, 3.05) is 0 Å². The third-order valence-electron chi connectivity index (χ3n) is 3.54. The molecule has 0 saturated heterocycles. The highest BCUT2D eigenvalue weighted by atomic mass is 16.3. The summed E-state index contributed by atoms with van der Waals surface area (Å²) in [6.07, 6.45) is 3.87. The Bertz CT molecular complexity index is 468. The van der Waals surface area contributed by atoms with Crippen LogP contribution >= 0.6 is 0 Å². The first-order valence-electron chi connectivity index (χ1n) is 7.20. The minimum Gasteiger partial charge on any atom is -0.377 e. The van der Waals surface area contributed by atoms with Gasteiger partial charge in [0.1, 0.15) is 5.60 Å². The number of aliphatic hydroxyl groups is 1. The summed E-state index contributed by atoms with van der Waals surface area (Å²) in [5.74, 6) is 6.77. The molecule has 1 aromatic carbocycles. The van der Waals surface area contributed by atoms with E-state index in [2.05, 4.69) is 44.7 Å². The van der Waals surface area contributed by atoms with Gasteiger partial charge >= 0.3 is 0 Å². The lowest BCUT2D eigenvalue weighted by Gasteiger charge is -2.23. The van der Waals surface area contributed by atoms with Crippen molar-refractivity contribution in [3.8, 4) is 11.8 Å². The third-order valence-corrected chi connectivity index (χ3v) is 3.54. The maximum absolute atomic E-state index is 10.8. The molecular formula is C18H24O. The lowest BCUT2D eigenvalue weighted by molar-refractivity contribution is 0.0684. The van der Waals surface area contributed by atoms with E-state index >= 15 is 0 Å². The Morgan fingerprint density at radius 1 is 1.11 bits per heavy atom. The van der Waals surface area contributed by atoms with E-state index in [1.807, 2.05) is 18.2 Å². The highest BCUT2D eigenvalue weighted by molar-refractivity contribution is 5.23. The Labute approximate surface area is 117 Å². The van der Waals surface area contributed by atoms with Gasteiger partial charge in [0, 0.05) is 5.41 Å². The van der Waals surface area contributed by atoms with Gasteiger partial charge in [0.2, 0.25) is 0 Å². The maximum atomic E-state index is 10.8. The van der Waals surface area contributed by atoms with E-state index in [0.717, 1.165) is 25.7 Å². The van der Waals surface area contributed by atoms with Gasteiger partial charge in [-0.3, -0.25) is 0 Å². The number of benzene rings is 1. The molecule has 0 aliphatic heterocycles. The molecule has 1 heteroatoms. The maximum Gasteiger partial charge on any atom is 0.128 e. The fourth-order valence-electron chi connectivity index (χ4n) is 2.20. The molecule has 0 heterocycles. The molecule has 0 spiro atoms. The summed E-state index contributed by atoms with van der Waals surface area (Å²) in [5.41, 5.74) is 0.442. The fourth-order valence-corrected chi connectivity index (χ4v) is 2.20. The molecule has 1 atom stereocenters. The minimum absolute atomic E-state index is 0.0460. The molecule has 0 radical (unpaired) electrons. The molecular weight excluding hydrogens is 232 g/mol. The average Bonchev–Trinajstić information content (AvgIpc) is 3.19. The topological polar surface area (TPSA) is 20.2 Å². The molecule has 1 aromatic rings. The highest BCUT2D eigenvalue weighted by Crippen LogP contribution is 2.42. The summed E-state index contributed by atoms with van der Waals surface area (Å²) in [7, 11) is 0. The largest absolute Gasteiger partial charge is 0.377 e. The van der Waals surface area contributed by atoms with Crippen LogP contribution in [-0.4, -0.2) is 10.7 Å². The van der Waals surface area contributed by atoms with Crippen LogP contribution in [0.4, 0.5) is 0 Å². The molecule has 2 rings (SSSR count). The standard InChI is InChI=1S/C18H24O/c1-17(2,3)13-14-18(19,16-9-10-16)12-11-15-7-5-4-6-8-15/h4-8,16,19H,9-12H2,1-3H3/t18-/m0/s1. The smallest absolute Gasteiger partial charge is 0.128 e. The molecule has 1 saturated carbocycles. The van der Waals surface area contributed by atoms with Gasteiger partial charge in [-0.2, -0.15) is 0 Å². The van der Waals surface area contributed by atoms with Crippen LogP contribution in [-0.2, 0) is 6.42 Å². The van der Waals surface area contributed by atoms with Gasteiger partial charge in [0.15, 0.2) is 0 Å². The zero-order valence-corrected chi connectivity index (χ0v) is 12.2. The van der Waals surface area contributed by atoms with Crippen molar-refractivity contribution in [2.24, 2.45) is 11.3 Å². The summed E-state index contributed by atoms with van der Waals surface area (Å²) in [5, 5.41) is 10.8. The van der Waals surface area contributed by atoms with Gasteiger partial charge in [-0.15, -0.1) is 0 Å². The number of hydrogen-bond donors (Lipinski definition) is 1. The Morgan fingerprint density at radius 3 is 2.26 bits per heavy atom. The zero-order chi connectivity index (χ0) is 13.9. The summed E-state index contributed by atoms with van der Waals surface area (Å²) in [4.78, 5) is 0. The van der Waals surface area contributed by atoms with Gasteiger partial charge < -0.3 is 5.11 Å². The zero-order valence-electron chi connectivity index (χ0n) is 12.2. The van der Waals surface area contributed by atoms with E-state index in [1.165, 1.54) is 5.56 Å². The monoisotopic (exact) mass is 256 g/mol. The molecule has 1 N–H and O–H groups in total. The molecule has 0 amide bonds. The molecule has 0 bridgehead atoms. The summed E-state index contributed by atoms with van der Waals surface area (Å²) in [6, 6.07) is 10.4. The molecule has 19 heavy (non-hydrogen) atoms.